The summed E-state index contributed by atoms with van der Waals surface area (Å²) in [6.45, 7) is 0. The van der Waals surface area contributed by atoms with Gasteiger partial charge in [-0.15, -0.1) is 11.8 Å². The molecule has 3 aromatic rings. The molecule has 0 radical (unpaired) electrons. The molecule has 0 aromatic heterocycles. The molecule has 0 aliphatic carbocycles. The maximum atomic E-state index is 12.8. The molecule has 0 saturated heterocycles. The Hall–Kier alpha value is -3.19. The van der Waals surface area contributed by atoms with Crippen LogP contribution >= 0.6 is 23.4 Å². The van der Waals surface area contributed by atoms with Crippen LogP contribution < -0.4 is 14.8 Å². The summed E-state index contributed by atoms with van der Waals surface area (Å²) < 4.78 is 32.2. The van der Waals surface area contributed by atoms with Crippen molar-refractivity contribution in [3.05, 3.63) is 82.9 Å². The van der Waals surface area contributed by atoms with Crippen molar-refractivity contribution >= 4 is 45.0 Å². The number of benzene rings is 3. The lowest BCUT2D eigenvalue weighted by molar-refractivity contribution is 0.102. The topological polar surface area (TPSA) is 108 Å². The molecule has 10 heteroatoms. The first-order valence-corrected chi connectivity index (χ1v) is 12.1. The number of anilines is 1. The van der Waals surface area contributed by atoms with Gasteiger partial charge in [-0.3, -0.25) is 4.79 Å². The second-order valence-corrected chi connectivity index (χ2v) is 9.53. The van der Waals surface area contributed by atoms with E-state index in [4.69, 9.17) is 21.6 Å². The summed E-state index contributed by atoms with van der Waals surface area (Å²) in [5.74, 6) is 0.508. The molecule has 32 heavy (non-hydrogen) atoms. The normalized spacial score (nSPS) is 10.8. The molecule has 0 aliphatic heterocycles. The Kier molecular flexibility index (Phi) is 7.64. The molecule has 3 rings (SSSR count). The van der Waals surface area contributed by atoms with Gasteiger partial charge in [0.2, 0.25) is 0 Å². The molecule has 3 aromatic carbocycles. The highest BCUT2D eigenvalue weighted by Crippen LogP contribution is 2.34. The number of hydrogen-bond acceptors (Lipinski definition) is 6. The van der Waals surface area contributed by atoms with Gasteiger partial charge >= 0.3 is 0 Å². The minimum Gasteiger partial charge on any atom is -0.497 e. The first kappa shape index (κ1) is 23.5. The predicted molar refractivity (Wildman–Crippen MR) is 124 cm³/mol. The molecule has 0 fully saturated rings. The third kappa shape index (κ3) is 5.73. The average molecular weight is 488 g/mol. The number of ether oxygens (including phenoxy) is 1. The number of amides is 1. The maximum Gasteiger partial charge on any atom is 0.271 e. The Balaban J connectivity index is 1.94. The monoisotopic (exact) mass is 487 g/mol. The fraction of sp³-hybridized carbons (Fsp3) is 0.0909. The van der Waals surface area contributed by atoms with Gasteiger partial charge in [0.05, 0.1) is 17.7 Å². The number of nitrogens with one attached hydrogen (secondary N) is 2. The van der Waals surface area contributed by atoms with E-state index < -0.39 is 15.9 Å². The summed E-state index contributed by atoms with van der Waals surface area (Å²) in [4.78, 5) is 12.9. The first-order valence-electron chi connectivity index (χ1n) is 9.20. The van der Waals surface area contributed by atoms with Crippen molar-refractivity contribution < 1.29 is 17.9 Å². The van der Waals surface area contributed by atoms with E-state index in [9.17, 15) is 13.2 Å². The van der Waals surface area contributed by atoms with Crippen LogP contribution in [0.25, 0.3) is 0 Å². The van der Waals surface area contributed by atoms with Gasteiger partial charge in [0, 0.05) is 16.3 Å². The zero-order valence-corrected chi connectivity index (χ0v) is 19.2. The third-order valence-electron chi connectivity index (χ3n) is 4.33. The van der Waals surface area contributed by atoms with Gasteiger partial charge in [0.25, 0.3) is 15.9 Å². The second-order valence-electron chi connectivity index (χ2n) is 6.45. The minimum absolute atomic E-state index is 0.0372. The highest BCUT2D eigenvalue weighted by atomic mass is 35.5. The maximum absolute atomic E-state index is 12.8. The summed E-state index contributed by atoms with van der Waals surface area (Å²) in [6.07, 6.45) is 1.43. The smallest absolute Gasteiger partial charge is 0.271 e. The van der Waals surface area contributed by atoms with Crippen LogP contribution in [0.15, 0.2) is 76.5 Å². The predicted octanol–water partition coefficient (Wildman–Crippen LogP) is 4.65. The van der Waals surface area contributed by atoms with Crippen molar-refractivity contribution in [2.24, 2.45) is 0 Å². The molecule has 0 aliphatic rings. The van der Waals surface area contributed by atoms with Gasteiger partial charge in [0.15, 0.2) is 6.19 Å². The summed E-state index contributed by atoms with van der Waals surface area (Å²) in [5.41, 5.74) is 1.42. The van der Waals surface area contributed by atoms with Crippen LogP contribution in [0.3, 0.4) is 0 Å². The zero-order valence-electron chi connectivity index (χ0n) is 16.8. The Morgan fingerprint density at radius 1 is 1.12 bits per heavy atom. The number of rotatable bonds is 8. The molecule has 0 saturated carbocycles. The number of thioether (sulfide) groups is 1. The summed E-state index contributed by atoms with van der Waals surface area (Å²) in [5, 5.41) is 11.6. The zero-order chi connectivity index (χ0) is 23.1. The third-order valence-corrected chi connectivity index (χ3v) is 7.18. The van der Waals surface area contributed by atoms with Crippen LogP contribution in [0.4, 0.5) is 5.69 Å². The number of nitriles is 1. The van der Waals surface area contributed by atoms with Crippen molar-refractivity contribution in [1.29, 1.82) is 5.26 Å². The van der Waals surface area contributed by atoms with Gasteiger partial charge in [-0.05, 0) is 42.0 Å². The standard InChI is InChI=1S/C22H18ClN3O4S2/c1-30-17-9-7-16(8-10-17)26-22(27)18-11-21(32(28,29)25-14-24)20(12-19(18)23)31-13-15-5-3-2-4-6-15/h2-12,25H,13H2,1H3,(H,26,27). The van der Waals surface area contributed by atoms with Crippen molar-refractivity contribution in [2.45, 2.75) is 15.5 Å². The van der Waals surface area contributed by atoms with Gasteiger partial charge in [-0.2, -0.15) is 5.26 Å². The van der Waals surface area contributed by atoms with Gasteiger partial charge < -0.3 is 10.1 Å². The SMILES string of the molecule is COc1ccc(NC(=O)c2cc(S(=O)(=O)NC#N)c(SCc3ccccc3)cc2Cl)cc1. The van der Waals surface area contributed by atoms with E-state index in [1.54, 1.807) is 29.0 Å². The van der Waals surface area contributed by atoms with Crippen LogP contribution in [0.2, 0.25) is 5.02 Å². The van der Waals surface area contributed by atoms with Crippen LogP contribution in [-0.2, 0) is 15.8 Å². The Labute approximate surface area is 195 Å². The average Bonchev–Trinajstić information content (AvgIpc) is 2.78. The van der Waals surface area contributed by atoms with Crippen LogP contribution in [-0.4, -0.2) is 21.4 Å². The number of sulfonamides is 1. The van der Waals surface area contributed by atoms with E-state index in [-0.39, 0.29) is 15.5 Å². The van der Waals surface area contributed by atoms with Gasteiger partial charge in [-0.1, -0.05) is 41.9 Å². The van der Waals surface area contributed by atoms with Crippen molar-refractivity contribution in [3.63, 3.8) is 0 Å². The van der Waals surface area contributed by atoms with E-state index in [0.717, 1.165) is 5.56 Å². The Morgan fingerprint density at radius 2 is 1.81 bits per heavy atom. The van der Waals surface area contributed by atoms with Crippen molar-refractivity contribution in [1.82, 2.24) is 4.72 Å². The number of carbonyl (C=O) groups is 1. The summed E-state index contributed by atoms with van der Waals surface area (Å²) in [6, 6.07) is 18.7. The van der Waals surface area contributed by atoms with E-state index >= 15 is 0 Å². The van der Waals surface area contributed by atoms with E-state index in [2.05, 4.69) is 5.32 Å². The van der Waals surface area contributed by atoms with Crippen LogP contribution in [0.1, 0.15) is 15.9 Å². The number of nitrogens with zero attached hydrogens (tertiary/aromatic N) is 1. The van der Waals surface area contributed by atoms with Crippen LogP contribution in [0.5, 0.6) is 5.75 Å². The number of carbonyl (C=O) groups excluding carboxylic acids is 1. The lowest BCUT2D eigenvalue weighted by Crippen LogP contribution is -2.20. The fourth-order valence-electron chi connectivity index (χ4n) is 2.76. The number of hydrogen-bond donors (Lipinski definition) is 2. The second kappa shape index (κ2) is 10.4. The molecule has 0 heterocycles. The molecular formula is C22H18ClN3O4S2. The molecule has 164 valence electrons. The molecular weight excluding hydrogens is 470 g/mol. The first-order chi connectivity index (χ1) is 15.3. The molecule has 0 unspecified atom stereocenters. The fourth-order valence-corrected chi connectivity index (χ4v) is 5.32. The lowest BCUT2D eigenvalue weighted by atomic mass is 10.2. The minimum atomic E-state index is -4.19. The highest BCUT2D eigenvalue weighted by molar-refractivity contribution is 7.99. The summed E-state index contributed by atoms with van der Waals surface area (Å²) >= 11 is 7.58. The number of halogens is 1. The van der Waals surface area contributed by atoms with E-state index in [1.165, 1.54) is 37.2 Å². The molecule has 0 spiro atoms. The Morgan fingerprint density at radius 3 is 2.44 bits per heavy atom. The highest BCUT2D eigenvalue weighted by Gasteiger charge is 2.23. The van der Waals surface area contributed by atoms with E-state index in [0.29, 0.717) is 22.1 Å². The van der Waals surface area contributed by atoms with Gasteiger partial charge in [-0.25, -0.2) is 13.1 Å². The van der Waals surface area contributed by atoms with Crippen molar-refractivity contribution in [3.8, 4) is 11.9 Å². The lowest BCUT2D eigenvalue weighted by Gasteiger charge is -2.13. The molecule has 2 N–H and O–H groups in total. The summed E-state index contributed by atoms with van der Waals surface area (Å²) in [7, 11) is -2.66. The quantitative estimate of drug-likeness (QED) is 0.272. The Bertz CT molecular complexity index is 1260. The largest absolute Gasteiger partial charge is 0.497 e. The molecule has 7 nitrogen and oxygen atoms in total. The molecule has 1 amide bonds. The van der Waals surface area contributed by atoms with Gasteiger partial charge in [0.1, 0.15) is 10.6 Å². The molecule has 0 atom stereocenters. The van der Waals surface area contributed by atoms with Crippen molar-refractivity contribution in [2.75, 3.05) is 12.4 Å². The number of methoxy groups -OCH3 is 1. The molecule has 0 bridgehead atoms. The van der Waals surface area contributed by atoms with Crippen LogP contribution in [0, 0.1) is 11.5 Å². The van der Waals surface area contributed by atoms with E-state index in [1.807, 2.05) is 30.3 Å².